The van der Waals surface area contributed by atoms with E-state index in [0.717, 1.165) is 56.3 Å². The van der Waals surface area contributed by atoms with Gasteiger partial charge < -0.3 is 5.32 Å². The van der Waals surface area contributed by atoms with E-state index in [1.165, 1.54) is 12.1 Å². The van der Waals surface area contributed by atoms with Gasteiger partial charge in [-0.15, -0.1) is 0 Å². The number of benzene rings is 3. The summed E-state index contributed by atoms with van der Waals surface area (Å²) in [6.07, 6.45) is 5.09. The smallest absolute Gasteiger partial charge is 0.252 e. The molecule has 2 atom stereocenters. The van der Waals surface area contributed by atoms with Crippen molar-refractivity contribution >= 4 is 52.3 Å². The summed E-state index contributed by atoms with van der Waals surface area (Å²) in [5, 5.41) is 4.91. The van der Waals surface area contributed by atoms with Crippen LogP contribution >= 0.6 is 46.4 Å². The number of rotatable bonds is 9. The lowest BCUT2D eigenvalue weighted by Gasteiger charge is -2.40. The molecule has 196 valence electrons. The number of piperidine rings is 1. The molecule has 3 nitrogen and oxygen atoms in total. The number of unbranched alkanes of at least 4 members (excludes halogenated alkanes) is 1. The molecule has 0 aliphatic carbocycles. The lowest BCUT2D eigenvalue weighted by molar-refractivity contribution is 0.0947. The maximum atomic E-state index is 13.4. The van der Waals surface area contributed by atoms with E-state index in [4.69, 9.17) is 46.4 Å². The molecule has 37 heavy (non-hydrogen) atoms. The van der Waals surface area contributed by atoms with Gasteiger partial charge in [0.1, 0.15) is 5.82 Å². The topological polar surface area (TPSA) is 32.3 Å². The first-order valence-corrected chi connectivity index (χ1v) is 14.0. The van der Waals surface area contributed by atoms with Gasteiger partial charge in [-0.3, -0.25) is 9.69 Å². The first-order valence-electron chi connectivity index (χ1n) is 12.5. The van der Waals surface area contributed by atoms with Crippen molar-refractivity contribution in [1.29, 1.82) is 0 Å². The number of nitrogens with zero attached hydrogens (tertiary/aromatic N) is 1. The fourth-order valence-electron chi connectivity index (χ4n) is 4.96. The molecule has 1 heterocycles. The maximum Gasteiger partial charge on any atom is 0.252 e. The van der Waals surface area contributed by atoms with Crippen molar-refractivity contribution in [3.63, 3.8) is 0 Å². The van der Waals surface area contributed by atoms with Crippen LogP contribution in [0.25, 0.3) is 0 Å². The lowest BCUT2D eigenvalue weighted by atomic mass is 9.84. The monoisotopic (exact) mass is 580 g/mol. The molecular weight excluding hydrogens is 553 g/mol. The van der Waals surface area contributed by atoms with Crippen molar-refractivity contribution in [2.24, 2.45) is 5.92 Å². The van der Waals surface area contributed by atoms with E-state index in [9.17, 15) is 9.18 Å². The van der Waals surface area contributed by atoms with E-state index in [0.29, 0.717) is 38.1 Å². The zero-order valence-corrected chi connectivity index (χ0v) is 23.4. The van der Waals surface area contributed by atoms with Gasteiger partial charge in [-0.25, -0.2) is 4.39 Å². The molecule has 1 amide bonds. The molecule has 3 aromatic carbocycles. The van der Waals surface area contributed by atoms with Crippen molar-refractivity contribution in [3.05, 3.63) is 103 Å². The highest BCUT2D eigenvalue weighted by Crippen LogP contribution is 2.39. The summed E-state index contributed by atoms with van der Waals surface area (Å²) in [6, 6.07) is 17.7. The van der Waals surface area contributed by atoms with Crippen LogP contribution in [-0.4, -0.2) is 23.9 Å². The van der Waals surface area contributed by atoms with E-state index in [-0.39, 0.29) is 17.8 Å². The standard InChI is InChI=1S/C29H29Cl4FN2O/c30-22-7-10-24(26(32)17-22)29(37)35-13-2-1-3-19-12-14-36(18-20-4-8-23(34)9-5-20)28(15-19)21-6-11-25(31)27(33)16-21/h4-11,16-17,19,28H,1-3,12-15,18H2,(H,35,37). The summed E-state index contributed by atoms with van der Waals surface area (Å²) < 4.78 is 13.4. The van der Waals surface area contributed by atoms with E-state index >= 15 is 0 Å². The summed E-state index contributed by atoms with van der Waals surface area (Å²) in [6.45, 7) is 2.29. The zero-order valence-electron chi connectivity index (χ0n) is 20.3. The first-order chi connectivity index (χ1) is 17.8. The number of hydrogen-bond acceptors (Lipinski definition) is 2. The van der Waals surface area contributed by atoms with E-state index in [2.05, 4.69) is 16.3 Å². The summed E-state index contributed by atoms with van der Waals surface area (Å²) in [5.74, 6) is 0.150. The maximum absolute atomic E-state index is 13.4. The fourth-order valence-corrected chi connectivity index (χ4v) is 5.76. The Labute approximate surface area is 237 Å². The quantitative estimate of drug-likeness (QED) is 0.256. The highest BCUT2D eigenvalue weighted by molar-refractivity contribution is 6.42. The van der Waals surface area contributed by atoms with E-state index in [1.807, 2.05) is 24.3 Å². The van der Waals surface area contributed by atoms with Crippen molar-refractivity contribution in [3.8, 4) is 0 Å². The van der Waals surface area contributed by atoms with Crippen LogP contribution in [0.3, 0.4) is 0 Å². The molecule has 3 aromatic rings. The minimum absolute atomic E-state index is 0.185. The average Bonchev–Trinajstić information content (AvgIpc) is 2.87. The number of amides is 1. The summed E-state index contributed by atoms with van der Waals surface area (Å²) >= 11 is 24.6. The Morgan fingerprint density at radius 2 is 1.70 bits per heavy atom. The molecule has 0 aromatic heterocycles. The summed E-state index contributed by atoms with van der Waals surface area (Å²) in [5.41, 5.74) is 2.67. The number of nitrogens with one attached hydrogen (secondary N) is 1. The first kappa shape index (κ1) is 28.2. The van der Waals surface area contributed by atoms with Crippen LogP contribution in [0.1, 0.15) is 59.6 Å². The van der Waals surface area contributed by atoms with Gasteiger partial charge in [0.2, 0.25) is 0 Å². The van der Waals surface area contributed by atoms with Gasteiger partial charge in [0.15, 0.2) is 0 Å². The van der Waals surface area contributed by atoms with Crippen LogP contribution in [0, 0.1) is 11.7 Å². The normalized spacial score (nSPS) is 18.1. The number of carbonyl (C=O) groups is 1. The largest absolute Gasteiger partial charge is 0.352 e. The second-order valence-electron chi connectivity index (χ2n) is 9.55. The minimum atomic E-state index is -0.226. The predicted octanol–water partition coefficient (Wildman–Crippen LogP) is 8.99. The van der Waals surface area contributed by atoms with Crippen LogP contribution in [0.15, 0.2) is 60.7 Å². The Kier molecular flexibility index (Phi) is 10.1. The fraction of sp³-hybridized carbons (Fsp3) is 0.345. The van der Waals surface area contributed by atoms with Crippen molar-refractivity contribution < 1.29 is 9.18 Å². The van der Waals surface area contributed by atoms with Crippen LogP contribution in [0.2, 0.25) is 20.1 Å². The van der Waals surface area contributed by atoms with Crippen LogP contribution in [0.4, 0.5) is 4.39 Å². The molecule has 4 rings (SSSR count). The second-order valence-corrected chi connectivity index (χ2v) is 11.2. The third-order valence-corrected chi connectivity index (χ3v) is 8.24. The summed E-state index contributed by atoms with van der Waals surface area (Å²) in [7, 11) is 0. The van der Waals surface area contributed by atoms with Crippen LogP contribution in [-0.2, 0) is 6.54 Å². The predicted molar refractivity (Wildman–Crippen MR) is 151 cm³/mol. The molecule has 1 saturated heterocycles. The minimum Gasteiger partial charge on any atom is -0.352 e. The molecule has 8 heteroatoms. The molecule has 1 aliphatic heterocycles. The molecule has 0 bridgehead atoms. The molecule has 0 radical (unpaired) electrons. The second kappa shape index (κ2) is 13.3. The van der Waals surface area contributed by atoms with Gasteiger partial charge in [-0.05, 0) is 85.3 Å². The molecular formula is C29H29Cl4FN2O. The van der Waals surface area contributed by atoms with Crippen LogP contribution in [0.5, 0.6) is 0 Å². The third-order valence-electron chi connectivity index (χ3n) is 6.95. The highest BCUT2D eigenvalue weighted by Gasteiger charge is 2.30. The van der Waals surface area contributed by atoms with Crippen molar-refractivity contribution in [1.82, 2.24) is 10.2 Å². The van der Waals surface area contributed by atoms with Gasteiger partial charge in [0.05, 0.1) is 20.6 Å². The average molecular weight is 582 g/mol. The SMILES string of the molecule is O=C(NCCCCC1CCN(Cc2ccc(F)cc2)C(c2ccc(Cl)c(Cl)c2)C1)c1ccc(Cl)cc1Cl. The summed E-state index contributed by atoms with van der Waals surface area (Å²) in [4.78, 5) is 14.9. The number of carbonyl (C=O) groups excluding carboxylic acids is 1. The number of halogens is 5. The highest BCUT2D eigenvalue weighted by atomic mass is 35.5. The third kappa shape index (κ3) is 7.84. The Balaban J connectivity index is 1.32. The number of hydrogen-bond donors (Lipinski definition) is 1. The van der Waals surface area contributed by atoms with Gasteiger partial charge in [0, 0.05) is 24.2 Å². The van der Waals surface area contributed by atoms with E-state index < -0.39 is 0 Å². The van der Waals surface area contributed by atoms with Crippen molar-refractivity contribution in [2.75, 3.05) is 13.1 Å². The van der Waals surface area contributed by atoms with E-state index in [1.54, 1.807) is 18.2 Å². The Morgan fingerprint density at radius 3 is 2.43 bits per heavy atom. The Morgan fingerprint density at radius 1 is 0.919 bits per heavy atom. The van der Waals surface area contributed by atoms with Gasteiger partial charge in [-0.1, -0.05) is 77.4 Å². The molecule has 0 saturated carbocycles. The molecule has 1 aliphatic rings. The molecule has 2 unspecified atom stereocenters. The van der Waals surface area contributed by atoms with Gasteiger partial charge in [-0.2, -0.15) is 0 Å². The molecule has 0 spiro atoms. The van der Waals surface area contributed by atoms with Gasteiger partial charge >= 0.3 is 0 Å². The zero-order chi connectivity index (χ0) is 26.4. The molecule has 1 N–H and O–H groups in total. The van der Waals surface area contributed by atoms with Crippen molar-refractivity contribution in [2.45, 2.75) is 44.7 Å². The number of likely N-dealkylation sites (tertiary alicyclic amines) is 1. The Bertz CT molecular complexity index is 1220. The van der Waals surface area contributed by atoms with Gasteiger partial charge in [0.25, 0.3) is 5.91 Å². The van der Waals surface area contributed by atoms with Crippen LogP contribution < -0.4 is 5.32 Å². The molecule has 1 fully saturated rings. The lowest BCUT2D eigenvalue weighted by Crippen LogP contribution is -2.36. The Hall–Kier alpha value is -1.82.